The Balaban J connectivity index is 3.94. The van der Waals surface area contributed by atoms with Crippen LogP contribution in [0.2, 0.25) is 6.04 Å². The van der Waals surface area contributed by atoms with Gasteiger partial charge in [0.1, 0.15) is 8.07 Å². The van der Waals surface area contributed by atoms with Crippen LogP contribution in [0.5, 0.6) is 0 Å². The van der Waals surface area contributed by atoms with Crippen molar-refractivity contribution in [2.45, 2.75) is 32.2 Å². The number of rotatable bonds is 9. The van der Waals surface area contributed by atoms with Crippen LogP contribution >= 0.6 is 11.6 Å². The Labute approximate surface area is 98.1 Å². The molecular formula is C10H23ClO3Si. The van der Waals surface area contributed by atoms with E-state index in [1.807, 2.05) is 0 Å². The van der Waals surface area contributed by atoms with E-state index < -0.39 is 8.07 Å². The van der Waals surface area contributed by atoms with E-state index in [0.29, 0.717) is 11.8 Å². The Kier molecular flexibility index (Phi) is 8.75. The van der Waals surface area contributed by atoms with Crippen LogP contribution in [0.25, 0.3) is 0 Å². The van der Waals surface area contributed by atoms with Crippen molar-refractivity contribution >= 4 is 19.7 Å². The molecular weight excluding hydrogens is 232 g/mol. The van der Waals surface area contributed by atoms with Crippen LogP contribution < -0.4 is 0 Å². The first-order valence-corrected chi connectivity index (χ1v) is 8.89. The average molecular weight is 255 g/mol. The van der Waals surface area contributed by atoms with Crippen LogP contribution in [0.3, 0.4) is 0 Å². The largest absolute Gasteiger partial charge is 0.399 e. The van der Waals surface area contributed by atoms with Crippen LogP contribution in [0.1, 0.15) is 26.2 Å². The third-order valence-electron chi connectivity index (χ3n) is 2.87. The van der Waals surface area contributed by atoms with E-state index in [1.165, 1.54) is 0 Å². The van der Waals surface area contributed by atoms with Gasteiger partial charge in [-0.25, -0.2) is 0 Å². The fourth-order valence-electron chi connectivity index (χ4n) is 1.77. The molecule has 0 bridgehead atoms. The number of alkyl halides is 1. The van der Waals surface area contributed by atoms with Gasteiger partial charge in [0.15, 0.2) is 0 Å². The highest BCUT2D eigenvalue weighted by Gasteiger charge is 2.32. The Morgan fingerprint density at radius 1 is 1.07 bits per heavy atom. The van der Waals surface area contributed by atoms with Gasteiger partial charge in [-0.2, -0.15) is 0 Å². The predicted octanol–water partition coefficient (Wildman–Crippen LogP) is 1.07. The highest BCUT2D eigenvalue weighted by Crippen LogP contribution is 2.20. The minimum atomic E-state index is -2.21. The van der Waals surface area contributed by atoms with Crippen molar-refractivity contribution in [1.29, 1.82) is 0 Å². The average Bonchev–Trinajstić information content (AvgIpc) is 2.26. The molecule has 0 rings (SSSR count). The molecule has 1 atom stereocenters. The molecule has 15 heavy (non-hydrogen) atoms. The van der Waals surface area contributed by atoms with Gasteiger partial charge in [0, 0.05) is 24.6 Å². The molecule has 0 radical (unpaired) electrons. The summed E-state index contributed by atoms with van der Waals surface area (Å²) in [6, 6.07) is 0.790. The van der Waals surface area contributed by atoms with E-state index in [9.17, 15) is 15.3 Å². The molecule has 92 valence electrons. The maximum absolute atomic E-state index is 9.22. The van der Waals surface area contributed by atoms with Crippen molar-refractivity contribution in [3.8, 4) is 0 Å². The summed E-state index contributed by atoms with van der Waals surface area (Å²) in [5.74, 6) is 1.14. The van der Waals surface area contributed by atoms with Crippen molar-refractivity contribution < 1.29 is 15.3 Å². The monoisotopic (exact) mass is 254 g/mol. The number of hydrogen-bond acceptors (Lipinski definition) is 3. The molecule has 0 aliphatic heterocycles. The van der Waals surface area contributed by atoms with E-state index in [-0.39, 0.29) is 18.7 Å². The van der Waals surface area contributed by atoms with E-state index in [4.69, 9.17) is 11.6 Å². The van der Waals surface area contributed by atoms with E-state index in [1.54, 1.807) is 0 Å². The summed E-state index contributed by atoms with van der Waals surface area (Å²) in [6.45, 7) is 2.11. The van der Waals surface area contributed by atoms with Crippen molar-refractivity contribution in [3.63, 3.8) is 0 Å². The van der Waals surface area contributed by atoms with Gasteiger partial charge < -0.3 is 15.3 Å². The van der Waals surface area contributed by atoms with Crippen LogP contribution in [-0.2, 0) is 0 Å². The lowest BCUT2D eigenvalue weighted by Crippen LogP contribution is -2.49. The Morgan fingerprint density at radius 3 is 2.00 bits per heavy atom. The molecule has 0 spiro atoms. The standard InChI is InChI=1S/C10H23ClO3Si/c1-10(4-2-3-5-11)6-15(7-12,8-13)9-14/h10,12-14H,2-9H2,1H3. The molecule has 5 heteroatoms. The zero-order valence-corrected chi connectivity index (χ0v) is 11.2. The van der Waals surface area contributed by atoms with Gasteiger partial charge >= 0.3 is 0 Å². The second-order valence-electron chi connectivity index (χ2n) is 4.47. The van der Waals surface area contributed by atoms with Gasteiger partial charge in [0.05, 0.1) is 0 Å². The minimum Gasteiger partial charge on any atom is -0.399 e. The zero-order chi connectivity index (χ0) is 11.7. The lowest BCUT2D eigenvalue weighted by atomic mass is 10.1. The Morgan fingerprint density at radius 2 is 1.60 bits per heavy atom. The SMILES string of the molecule is CC(CCCCCl)C[Si](CO)(CO)CO. The quantitative estimate of drug-likeness (QED) is 0.328. The highest BCUT2D eigenvalue weighted by molar-refractivity contribution is 6.79. The fourth-order valence-corrected chi connectivity index (χ4v) is 4.33. The maximum Gasteiger partial charge on any atom is 0.140 e. The lowest BCUT2D eigenvalue weighted by Gasteiger charge is -2.27. The van der Waals surface area contributed by atoms with Crippen LogP contribution in [0, 0.1) is 5.92 Å². The summed E-state index contributed by atoms with van der Waals surface area (Å²) in [7, 11) is -2.21. The second kappa shape index (κ2) is 8.53. The van der Waals surface area contributed by atoms with Gasteiger partial charge in [0.2, 0.25) is 0 Å². The predicted molar refractivity (Wildman–Crippen MR) is 65.6 cm³/mol. The molecule has 0 saturated carbocycles. The molecule has 1 unspecified atom stereocenters. The Bertz CT molecular complexity index is 145. The van der Waals surface area contributed by atoms with Gasteiger partial charge in [-0.15, -0.1) is 11.6 Å². The third-order valence-corrected chi connectivity index (χ3v) is 6.71. The number of aliphatic hydroxyl groups is 3. The number of halogens is 1. The molecule has 0 fully saturated rings. The molecule has 0 aromatic heterocycles. The van der Waals surface area contributed by atoms with Crippen LogP contribution in [0.4, 0.5) is 0 Å². The molecule has 0 amide bonds. The topological polar surface area (TPSA) is 60.7 Å². The first-order valence-electron chi connectivity index (χ1n) is 5.52. The van der Waals surface area contributed by atoms with Crippen molar-refractivity contribution in [2.75, 3.05) is 24.6 Å². The van der Waals surface area contributed by atoms with E-state index in [2.05, 4.69) is 6.92 Å². The van der Waals surface area contributed by atoms with E-state index >= 15 is 0 Å². The van der Waals surface area contributed by atoms with Crippen LogP contribution in [0.15, 0.2) is 0 Å². The van der Waals surface area contributed by atoms with E-state index in [0.717, 1.165) is 25.3 Å². The first-order chi connectivity index (χ1) is 7.14. The number of aliphatic hydroxyl groups excluding tert-OH is 3. The van der Waals surface area contributed by atoms with Crippen molar-refractivity contribution in [3.05, 3.63) is 0 Å². The molecule has 3 N–H and O–H groups in total. The third kappa shape index (κ3) is 5.87. The summed E-state index contributed by atoms with van der Waals surface area (Å²) in [4.78, 5) is 0. The molecule has 0 aromatic carbocycles. The van der Waals surface area contributed by atoms with Crippen molar-refractivity contribution in [1.82, 2.24) is 0 Å². The van der Waals surface area contributed by atoms with Gasteiger partial charge in [-0.1, -0.05) is 19.8 Å². The summed E-state index contributed by atoms with van der Waals surface area (Å²) in [5.41, 5.74) is 0. The summed E-state index contributed by atoms with van der Waals surface area (Å²) in [5, 5.41) is 27.7. The minimum absolute atomic E-state index is 0.0279. The van der Waals surface area contributed by atoms with Gasteiger partial charge in [-0.05, 0) is 18.4 Å². The second-order valence-corrected chi connectivity index (χ2v) is 9.20. The van der Waals surface area contributed by atoms with Gasteiger partial charge in [0.25, 0.3) is 0 Å². The first kappa shape index (κ1) is 15.4. The summed E-state index contributed by atoms with van der Waals surface area (Å²) >= 11 is 5.59. The lowest BCUT2D eigenvalue weighted by molar-refractivity contribution is 0.283. The van der Waals surface area contributed by atoms with Crippen molar-refractivity contribution in [2.24, 2.45) is 5.92 Å². The van der Waals surface area contributed by atoms with Crippen LogP contribution in [-0.4, -0.2) is 48.0 Å². The molecule has 0 aliphatic rings. The maximum atomic E-state index is 9.22. The zero-order valence-electron chi connectivity index (χ0n) is 9.45. The number of hydrogen-bond donors (Lipinski definition) is 3. The highest BCUT2D eigenvalue weighted by atomic mass is 35.5. The molecule has 3 nitrogen and oxygen atoms in total. The van der Waals surface area contributed by atoms with Gasteiger partial charge in [-0.3, -0.25) is 0 Å². The summed E-state index contributed by atoms with van der Waals surface area (Å²) < 4.78 is 0. The molecule has 0 aromatic rings. The normalized spacial score (nSPS) is 14.2. The molecule has 0 saturated heterocycles. The summed E-state index contributed by atoms with van der Waals surface area (Å²) in [6.07, 6.45) is 3.07. The number of unbranched alkanes of at least 4 members (excludes halogenated alkanes) is 1. The Hall–Kier alpha value is 0.387. The smallest absolute Gasteiger partial charge is 0.140 e. The fraction of sp³-hybridized carbons (Fsp3) is 1.00. The molecule has 0 heterocycles. The molecule has 0 aliphatic carbocycles.